The Kier molecular flexibility index (Phi) is 2.38. The van der Waals surface area contributed by atoms with Crippen molar-refractivity contribution in [2.45, 2.75) is 26.4 Å². The Morgan fingerprint density at radius 1 is 1.75 bits per heavy atom. The van der Waals surface area contributed by atoms with Crippen LogP contribution in [0.15, 0.2) is 0 Å². The third-order valence-corrected chi connectivity index (χ3v) is 4.44. The molecule has 0 aromatic carbocycles. The van der Waals surface area contributed by atoms with Crippen molar-refractivity contribution in [2.24, 2.45) is 5.41 Å². The van der Waals surface area contributed by atoms with E-state index in [0.29, 0.717) is 6.16 Å². The molecule has 1 rings (SSSR count). The summed E-state index contributed by atoms with van der Waals surface area (Å²) in [5.74, 6) is 2.72. The number of terminal acetylenes is 1. The van der Waals surface area contributed by atoms with E-state index in [4.69, 9.17) is 10.9 Å². The van der Waals surface area contributed by atoms with Crippen molar-refractivity contribution in [3.8, 4) is 12.3 Å². The molecular weight excluding hydrogens is 171 g/mol. The SMILES string of the molecule is C#CC1(C)CCP(C)(=O)OC1C. The first-order valence-electron chi connectivity index (χ1n) is 4.12. The Bertz CT molecular complexity index is 266. The number of hydrogen-bond donors (Lipinski definition) is 0. The van der Waals surface area contributed by atoms with E-state index in [9.17, 15) is 4.57 Å². The highest BCUT2D eigenvalue weighted by Gasteiger charge is 2.39. The van der Waals surface area contributed by atoms with Crippen LogP contribution in [0.3, 0.4) is 0 Å². The Balaban J connectivity index is 2.81. The van der Waals surface area contributed by atoms with Crippen LogP contribution in [0, 0.1) is 17.8 Å². The van der Waals surface area contributed by atoms with Crippen LogP contribution in [0.2, 0.25) is 0 Å². The van der Waals surface area contributed by atoms with Gasteiger partial charge in [-0.15, -0.1) is 6.42 Å². The lowest BCUT2D eigenvalue weighted by molar-refractivity contribution is 0.1000. The van der Waals surface area contributed by atoms with E-state index in [1.54, 1.807) is 6.66 Å². The molecule has 3 atom stereocenters. The van der Waals surface area contributed by atoms with Crippen molar-refractivity contribution in [3.63, 3.8) is 0 Å². The molecule has 0 N–H and O–H groups in total. The first-order valence-corrected chi connectivity index (χ1v) is 6.38. The zero-order valence-electron chi connectivity index (χ0n) is 7.83. The van der Waals surface area contributed by atoms with Crippen LogP contribution in [-0.4, -0.2) is 18.9 Å². The predicted molar refractivity (Wildman–Crippen MR) is 50.5 cm³/mol. The fraction of sp³-hybridized carbons (Fsp3) is 0.778. The number of rotatable bonds is 0. The van der Waals surface area contributed by atoms with Crippen molar-refractivity contribution in [2.75, 3.05) is 12.8 Å². The van der Waals surface area contributed by atoms with Crippen molar-refractivity contribution in [3.05, 3.63) is 0 Å². The molecule has 0 spiro atoms. The van der Waals surface area contributed by atoms with E-state index in [-0.39, 0.29) is 11.5 Å². The summed E-state index contributed by atoms with van der Waals surface area (Å²) in [6, 6.07) is 0. The quantitative estimate of drug-likeness (QED) is 0.428. The average Bonchev–Trinajstić information content (AvgIpc) is 1.97. The molecule has 1 fully saturated rings. The average molecular weight is 186 g/mol. The predicted octanol–water partition coefficient (Wildman–Crippen LogP) is 2.34. The summed E-state index contributed by atoms with van der Waals surface area (Å²) in [5.41, 5.74) is -0.232. The van der Waals surface area contributed by atoms with Crippen LogP contribution in [-0.2, 0) is 9.09 Å². The molecule has 1 aliphatic rings. The maximum Gasteiger partial charge on any atom is 0.200 e. The van der Waals surface area contributed by atoms with Gasteiger partial charge in [-0.3, -0.25) is 4.57 Å². The van der Waals surface area contributed by atoms with Crippen molar-refractivity contribution in [1.82, 2.24) is 0 Å². The van der Waals surface area contributed by atoms with E-state index < -0.39 is 7.37 Å². The molecule has 0 bridgehead atoms. The van der Waals surface area contributed by atoms with Gasteiger partial charge in [-0.1, -0.05) is 5.92 Å². The molecule has 0 aliphatic carbocycles. The first-order chi connectivity index (χ1) is 5.40. The summed E-state index contributed by atoms with van der Waals surface area (Å²) in [5, 5.41) is 0. The molecule has 1 aliphatic heterocycles. The van der Waals surface area contributed by atoms with E-state index >= 15 is 0 Å². The highest BCUT2D eigenvalue weighted by atomic mass is 31.2. The third-order valence-electron chi connectivity index (χ3n) is 2.65. The summed E-state index contributed by atoms with van der Waals surface area (Å²) in [6.07, 6.45) is 6.72. The van der Waals surface area contributed by atoms with E-state index in [0.717, 1.165) is 6.42 Å². The molecule has 3 heteroatoms. The van der Waals surface area contributed by atoms with Crippen LogP contribution >= 0.6 is 7.37 Å². The molecule has 2 nitrogen and oxygen atoms in total. The normalized spacial score (nSPS) is 48.3. The van der Waals surface area contributed by atoms with Gasteiger partial charge in [0.2, 0.25) is 7.37 Å². The lowest BCUT2D eigenvalue weighted by Gasteiger charge is -2.37. The van der Waals surface area contributed by atoms with Gasteiger partial charge >= 0.3 is 0 Å². The molecule has 0 saturated carbocycles. The van der Waals surface area contributed by atoms with Gasteiger partial charge < -0.3 is 4.52 Å². The van der Waals surface area contributed by atoms with Gasteiger partial charge in [0, 0.05) is 12.8 Å². The van der Waals surface area contributed by atoms with Crippen LogP contribution in [0.25, 0.3) is 0 Å². The van der Waals surface area contributed by atoms with Gasteiger partial charge in [0.25, 0.3) is 0 Å². The fourth-order valence-corrected chi connectivity index (χ4v) is 3.21. The third kappa shape index (κ3) is 1.73. The van der Waals surface area contributed by atoms with Gasteiger partial charge in [-0.25, -0.2) is 0 Å². The molecule has 0 amide bonds. The fourth-order valence-electron chi connectivity index (χ4n) is 1.33. The monoisotopic (exact) mass is 186 g/mol. The minimum Gasteiger partial charge on any atom is -0.324 e. The number of hydrogen-bond acceptors (Lipinski definition) is 2. The maximum atomic E-state index is 11.6. The second kappa shape index (κ2) is 2.91. The zero-order valence-corrected chi connectivity index (χ0v) is 8.73. The summed E-state index contributed by atoms with van der Waals surface area (Å²) in [6.45, 7) is 5.56. The van der Waals surface area contributed by atoms with Gasteiger partial charge in [-0.2, -0.15) is 0 Å². The summed E-state index contributed by atoms with van der Waals surface area (Å²) >= 11 is 0. The molecule has 0 radical (unpaired) electrons. The summed E-state index contributed by atoms with van der Waals surface area (Å²) in [7, 11) is -2.33. The molecule has 1 saturated heterocycles. The highest BCUT2D eigenvalue weighted by molar-refractivity contribution is 7.58. The van der Waals surface area contributed by atoms with Crippen LogP contribution in [0.4, 0.5) is 0 Å². The molecule has 12 heavy (non-hydrogen) atoms. The molecular formula is C9H15O2P. The minimum absolute atomic E-state index is 0.0907. The van der Waals surface area contributed by atoms with Crippen LogP contribution in [0.5, 0.6) is 0 Å². The standard InChI is InChI=1S/C9H15O2P/c1-5-9(3)6-7-12(4,10)11-8(9)2/h1,8H,6-7H2,2-4H3. The lowest BCUT2D eigenvalue weighted by atomic mass is 9.83. The maximum absolute atomic E-state index is 11.6. The largest absolute Gasteiger partial charge is 0.324 e. The first kappa shape index (κ1) is 9.84. The van der Waals surface area contributed by atoms with Crippen LogP contribution in [0.1, 0.15) is 20.3 Å². The second-order valence-corrected chi connectivity index (χ2v) is 6.48. The molecule has 0 aromatic heterocycles. The Morgan fingerprint density at radius 3 is 2.75 bits per heavy atom. The molecule has 1 heterocycles. The second-order valence-electron chi connectivity index (χ2n) is 3.80. The highest BCUT2D eigenvalue weighted by Crippen LogP contribution is 2.53. The van der Waals surface area contributed by atoms with Crippen molar-refractivity contribution in [1.29, 1.82) is 0 Å². The van der Waals surface area contributed by atoms with Gasteiger partial charge in [0.05, 0.1) is 11.5 Å². The lowest BCUT2D eigenvalue weighted by Crippen LogP contribution is -2.35. The van der Waals surface area contributed by atoms with E-state index in [1.165, 1.54) is 0 Å². The smallest absolute Gasteiger partial charge is 0.200 e. The molecule has 68 valence electrons. The van der Waals surface area contributed by atoms with E-state index in [1.807, 2.05) is 13.8 Å². The zero-order chi connectivity index (χ0) is 9.41. The summed E-state index contributed by atoms with van der Waals surface area (Å²) in [4.78, 5) is 0. The minimum atomic E-state index is -2.33. The van der Waals surface area contributed by atoms with Crippen molar-refractivity contribution < 1.29 is 9.09 Å². The van der Waals surface area contributed by atoms with E-state index in [2.05, 4.69) is 5.92 Å². The van der Waals surface area contributed by atoms with Crippen LogP contribution < -0.4 is 0 Å². The molecule has 3 unspecified atom stereocenters. The molecule has 0 aromatic rings. The Hall–Kier alpha value is -0.250. The van der Waals surface area contributed by atoms with Gasteiger partial charge in [0.1, 0.15) is 0 Å². The van der Waals surface area contributed by atoms with Crippen molar-refractivity contribution >= 4 is 7.37 Å². The Morgan fingerprint density at radius 2 is 2.33 bits per heavy atom. The van der Waals surface area contributed by atoms with Gasteiger partial charge in [0.15, 0.2) is 0 Å². The van der Waals surface area contributed by atoms with Gasteiger partial charge in [-0.05, 0) is 20.3 Å². The summed E-state index contributed by atoms with van der Waals surface area (Å²) < 4.78 is 17.0. The topological polar surface area (TPSA) is 26.3 Å². The Labute approximate surface area is 74.1 Å².